The molecule has 3 heteroatoms. The molecule has 1 aliphatic heterocycles. The van der Waals surface area contributed by atoms with E-state index >= 15 is 0 Å². The molecule has 1 aliphatic carbocycles. The SMILES string of the molecule is c1ccc(-c2nc(-c3ccc(-c4ccc5c(c4)Oc4ccccc4C54c5ccccc5-c5ccccc54)cc3)nc3ccccc23)cc1. The zero-order chi connectivity index (χ0) is 31.7. The van der Waals surface area contributed by atoms with Crippen LogP contribution in [0.1, 0.15) is 22.3 Å². The quantitative estimate of drug-likeness (QED) is 0.199. The number of hydrogen-bond donors (Lipinski definition) is 0. The molecule has 0 saturated heterocycles. The Morgan fingerprint density at radius 3 is 1.75 bits per heavy atom. The molecular weight excluding hydrogens is 585 g/mol. The number of para-hydroxylation sites is 2. The first kappa shape index (κ1) is 26.9. The zero-order valence-corrected chi connectivity index (χ0v) is 26.0. The Bertz CT molecular complexity index is 2490. The molecule has 0 radical (unpaired) electrons. The molecule has 3 nitrogen and oxygen atoms in total. The van der Waals surface area contributed by atoms with Gasteiger partial charge in [-0.15, -0.1) is 0 Å². The van der Waals surface area contributed by atoms with Crippen molar-refractivity contribution in [1.82, 2.24) is 9.97 Å². The number of rotatable bonds is 3. The van der Waals surface area contributed by atoms with E-state index in [1.807, 2.05) is 30.3 Å². The van der Waals surface area contributed by atoms with Crippen molar-refractivity contribution in [3.8, 4) is 56.4 Å². The Morgan fingerprint density at radius 2 is 0.979 bits per heavy atom. The lowest BCUT2D eigenvalue weighted by Crippen LogP contribution is -2.32. The third kappa shape index (κ3) is 3.82. The molecule has 2 aliphatic rings. The molecule has 1 aromatic heterocycles. The first-order valence-corrected chi connectivity index (χ1v) is 16.3. The highest BCUT2D eigenvalue weighted by Crippen LogP contribution is 2.62. The number of aromatic nitrogens is 2. The van der Waals surface area contributed by atoms with Gasteiger partial charge in [-0.1, -0.05) is 152 Å². The summed E-state index contributed by atoms with van der Waals surface area (Å²) in [6.45, 7) is 0. The van der Waals surface area contributed by atoms with E-state index in [4.69, 9.17) is 14.7 Å². The molecule has 0 bridgehead atoms. The predicted molar refractivity (Wildman–Crippen MR) is 193 cm³/mol. The van der Waals surface area contributed by atoms with Gasteiger partial charge < -0.3 is 4.74 Å². The lowest BCUT2D eigenvalue weighted by Gasteiger charge is -2.39. The summed E-state index contributed by atoms with van der Waals surface area (Å²) in [7, 11) is 0. The topological polar surface area (TPSA) is 35.0 Å². The standard InChI is InChI=1S/C45H28N2O/c1-2-12-30(13-3-1)43-35-16-6-10-20-40(35)46-44(47-43)31-24-22-29(23-25-31)32-26-27-39-42(28-32)48-41-21-11-9-19-38(41)45(39)36-17-7-4-14-33(36)34-15-5-8-18-37(34)45/h1-28H. The molecule has 48 heavy (non-hydrogen) atoms. The van der Waals surface area contributed by atoms with Crippen molar-refractivity contribution >= 4 is 10.9 Å². The summed E-state index contributed by atoms with van der Waals surface area (Å²) in [5.74, 6) is 2.49. The summed E-state index contributed by atoms with van der Waals surface area (Å²) in [6, 6.07) is 60.0. The fraction of sp³-hybridized carbons (Fsp3) is 0.0222. The van der Waals surface area contributed by atoms with Crippen LogP contribution in [0.2, 0.25) is 0 Å². The Hall–Kier alpha value is -6.32. The van der Waals surface area contributed by atoms with Crippen molar-refractivity contribution in [1.29, 1.82) is 0 Å². The predicted octanol–water partition coefficient (Wildman–Crippen LogP) is 11.1. The van der Waals surface area contributed by atoms with E-state index in [0.717, 1.165) is 55.9 Å². The molecule has 1 spiro atoms. The van der Waals surface area contributed by atoms with E-state index < -0.39 is 5.41 Å². The van der Waals surface area contributed by atoms with Gasteiger partial charge in [-0.05, 0) is 51.6 Å². The van der Waals surface area contributed by atoms with Gasteiger partial charge in [0, 0.05) is 27.6 Å². The van der Waals surface area contributed by atoms with Gasteiger partial charge in [0.15, 0.2) is 5.82 Å². The largest absolute Gasteiger partial charge is 0.457 e. The van der Waals surface area contributed by atoms with Crippen LogP contribution >= 0.6 is 0 Å². The average Bonchev–Trinajstić information content (AvgIpc) is 3.45. The minimum absolute atomic E-state index is 0.455. The van der Waals surface area contributed by atoms with E-state index in [0.29, 0.717) is 5.82 Å². The van der Waals surface area contributed by atoms with Crippen molar-refractivity contribution in [2.75, 3.05) is 0 Å². The molecular formula is C45H28N2O. The number of fused-ring (bicyclic) bond motifs is 10. The molecule has 0 saturated carbocycles. The molecule has 0 fully saturated rings. The Morgan fingerprint density at radius 1 is 0.396 bits per heavy atom. The van der Waals surface area contributed by atoms with Gasteiger partial charge in [-0.25, -0.2) is 9.97 Å². The van der Waals surface area contributed by atoms with Crippen LogP contribution in [-0.2, 0) is 5.41 Å². The molecule has 0 N–H and O–H groups in total. The Kier molecular flexibility index (Phi) is 5.79. The van der Waals surface area contributed by atoms with Crippen LogP contribution in [0.25, 0.3) is 55.8 Å². The molecule has 10 rings (SSSR count). The van der Waals surface area contributed by atoms with Gasteiger partial charge in [0.25, 0.3) is 0 Å². The molecule has 0 amide bonds. The van der Waals surface area contributed by atoms with E-state index in [9.17, 15) is 0 Å². The van der Waals surface area contributed by atoms with E-state index in [-0.39, 0.29) is 0 Å². The number of hydrogen-bond acceptors (Lipinski definition) is 3. The summed E-state index contributed by atoms with van der Waals surface area (Å²) in [6.07, 6.45) is 0. The maximum Gasteiger partial charge on any atom is 0.160 e. The number of benzene rings is 7. The highest BCUT2D eigenvalue weighted by Gasteiger charge is 2.50. The second-order valence-electron chi connectivity index (χ2n) is 12.5. The van der Waals surface area contributed by atoms with Crippen LogP contribution in [0.5, 0.6) is 11.5 Å². The summed E-state index contributed by atoms with van der Waals surface area (Å²) in [5, 5.41) is 1.05. The molecule has 8 aromatic rings. The Balaban J connectivity index is 1.09. The van der Waals surface area contributed by atoms with Gasteiger partial charge in [-0.3, -0.25) is 0 Å². The molecule has 0 unspecified atom stereocenters. The van der Waals surface area contributed by atoms with Crippen LogP contribution < -0.4 is 4.74 Å². The van der Waals surface area contributed by atoms with Crippen molar-refractivity contribution in [2.45, 2.75) is 5.41 Å². The minimum atomic E-state index is -0.455. The molecule has 224 valence electrons. The van der Waals surface area contributed by atoms with Gasteiger partial charge in [-0.2, -0.15) is 0 Å². The fourth-order valence-corrected chi connectivity index (χ4v) is 7.87. The van der Waals surface area contributed by atoms with Crippen LogP contribution in [0.4, 0.5) is 0 Å². The maximum absolute atomic E-state index is 6.73. The highest BCUT2D eigenvalue weighted by atomic mass is 16.5. The summed E-state index contributed by atoms with van der Waals surface area (Å²) >= 11 is 0. The normalized spacial score (nSPS) is 13.3. The average molecular weight is 613 g/mol. The summed E-state index contributed by atoms with van der Waals surface area (Å²) in [4.78, 5) is 10.0. The van der Waals surface area contributed by atoms with Crippen LogP contribution in [0, 0.1) is 0 Å². The third-order valence-corrected chi connectivity index (χ3v) is 9.98. The van der Waals surface area contributed by atoms with E-state index in [2.05, 4.69) is 140 Å². The first-order valence-electron chi connectivity index (χ1n) is 16.3. The number of nitrogens with zero attached hydrogens (tertiary/aromatic N) is 2. The summed E-state index contributed by atoms with van der Waals surface area (Å²) in [5.41, 5.74) is 13.2. The smallest absolute Gasteiger partial charge is 0.160 e. The van der Waals surface area contributed by atoms with Crippen LogP contribution in [-0.4, -0.2) is 9.97 Å². The van der Waals surface area contributed by atoms with Gasteiger partial charge >= 0.3 is 0 Å². The molecule has 7 aromatic carbocycles. The van der Waals surface area contributed by atoms with Crippen molar-refractivity contribution in [3.63, 3.8) is 0 Å². The summed E-state index contributed by atoms with van der Waals surface area (Å²) < 4.78 is 6.73. The van der Waals surface area contributed by atoms with Gasteiger partial charge in [0.1, 0.15) is 11.5 Å². The zero-order valence-electron chi connectivity index (χ0n) is 26.0. The molecule has 0 atom stereocenters. The van der Waals surface area contributed by atoms with Gasteiger partial charge in [0.2, 0.25) is 0 Å². The van der Waals surface area contributed by atoms with Crippen LogP contribution in [0.3, 0.4) is 0 Å². The monoisotopic (exact) mass is 612 g/mol. The second-order valence-corrected chi connectivity index (χ2v) is 12.5. The third-order valence-electron chi connectivity index (χ3n) is 9.98. The second kappa shape index (κ2) is 10.3. The van der Waals surface area contributed by atoms with E-state index in [1.54, 1.807) is 0 Å². The highest BCUT2D eigenvalue weighted by molar-refractivity contribution is 5.94. The van der Waals surface area contributed by atoms with Crippen molar-refractivity contribution in [2.24, 2.45) is 0 Å². The maximum atomic E-state index is 6.73. The number of ether oxygens (including phenoxy) is 1. The lowest BCUT2D eigenvalue weighted by molar-refractivity contribution is 0.436. The van der Waals surface area contributed by atoms with Gasteiger partial charge in [0.05, 0.1) is 16.6 Å². The molecule has 2 heterocycles. The van der Waals surface area contributed by atoms with Crippen LogP contribution in [0.15, 0.2) is 170 Å². The lowest BCUT2D eigenvalue weighted by atomic mass is 9.66. The van der Waals surface area contributed by atoms with E-state index in [1.165, 1.54) is 27.8 Å². The van der Waals surface area contributed by atoms with Crippen molar-refractivity contribution in [3.05, 3.63) is 192 Å². The van der Waals surface area contributed by atoms with Crippen molar-refractivity contribution < 1.29 is 4.74 Å². The first-order chi connectivity index (χ1) is 23.8. The fourth-order valence-electron chi connectivity index (χ4n) is 7.87. The Labute approximate surface area is 278 Å². The minimum Gasteiger partial charge on any atom is -0.457 e.